The molecule has 0 aliphatic carbocycles. The molecule has 1 atom stereocenters. The number of rotatable bonds is 6. The topological polar surface area (TPSA) is 38.8 Å². The summed E-state index contributed by atoms with van der Waals surface area (Å²) in [6.07, 6.45) is 1.94. The zero-order chi connectivity index (χ0) is 15.1. The van der Waals surface area contributed by atoms with Crippen molar-refractivity contribution in [2.45, 2.75) is 19.8 Å². The van der Waals surface area contributed by atoms with E-state index in [4.69, 9.17) is 21.1 Å². The van der Waals surface area contributed by atoms with Gasteiger partial charge in [-0.25, -0.2) is 0 Å². The molecule has 0 N–H and O–H groups in total. The van der Waals surface area contributed by atoms with Gasteiger partial charge in [-0.05, 0) is 38.4 Å². The molecule has 4 nitrogen and oxygen atoms in total. The van der Waals surface area contributed by atoms with Crippen molar-refractivity contribution >= 4 is 17.6 Å². The molecule has 0 saturated carbocycles. The molecule has 1 aromatic carbocycles. The van der Waals surface area contributed by atoms with Crippen LogP contribution in [-0.4, -0.2) is 43.7 Å². The summed E-state index contributed by atoms with van der Waals surface area (Å²) < 4.78 is 10.8. The molecule has 1 aliphatic heterocycles. The number of likely N-dealkylation sites (tertiary alicyclic amines) is 1. The molecule has 1 aromatic rings. The summed E-state index contributed by atoms with van der Waals surface area (Å²) in [5.41, 5.74) is 0. The summed E-state index contributed by atoms with van der Waals surface area (Å²) >= 11 is 6.05. The Balaban J connectivity index is 1.75. The summed E-state index contributed by atoms with van der Waals surface area (Å²) in [6, 6.07) is 7.46. The quantitative estimate of drug-likeness (QED) is 0.757. The van der Waals surface area contributed by atoms with Crippen LogP contribution in [0.25, 0.3) is 0 Å². The maximum absolute atomic E-state index is 11.8. The number of para-hydroxylation sites is 1. The molecule has 0 bridgehead atoms. The molecule has 116 valence electrons. The fraction of sp³-hybridized carbons (Fsp3) is 0.562. The number of piperidine rings is 1. The number of carbonyl (C=O) groups excluding carboxylic acids is 1. The molecule has 21 heavy (non-hydrogen) atoms. The first-order valence-electron chi connectivity index (χ1n) is 7.47. The number of carbonyl (C=O) groups is 1. The van der Waals surface area contributed by atoms with Crippen molar-refractivity contribution in [3.05, 3.63) is 29.3 Å². The van der Waals surface area contributed by atoms with Crippen LogP contribution < -0.4 is 4.74 Å². The molecule has 0 radical (unpaired) electrons. The second kappa shape index (κ2) is 8.25. The Hall–Kier alpha value is -1.26. The first-order valence-corrected chi connectivity index (χ1v) is 7.84. The smallest absolute Gasteiger partial charge is 0.310 e. The van der Waals surface area contributed by atoms with Crippen LogP contribution in [0.15, 0.2) is 24.3 Å². The van der Waals surface area contributed by atoms with Gasteiger partial charge in [0.15, 0.2) is 0 Å². The minimum Gasteiger partial charge on any atom is -0.491 e. The van der Waals surface area contributed by atoms with Crippen LogP contribution in [0, 0.1) is 5.92 Å². The number of ether oxygens (including phenoxy) is 2. The Morgan fingerprint density at radius 3 is 3.00 bits per heavy atom. The second-order valence-corrected chi connectivity index (χ2v) is 5.58. The molecular formula is C16H22ClNO3. The zero-order valence-corrected chi connectivity index (χ0v) is 13.1. The summed E-state index contributed by atoms with van der Waals surface area (Å²) in [5.74, 6) is 0.631. The number of hydrogen-bond acceptors (Lipinski definition) is 4. The summed E-state index contributed by atoms with van der Waals surface area (Å²) in [6.45, 7) is 5.41. The van der Waals surface area contributed by atoms with E-state index in [0.717, 1.165) is 32.5 Å². The number of nitrogens with zero attached hydrogens (tertiary/aromatic N) is 1. The minimum absolute atomic E-state index is 0.000914. The molecular weight excluding hydrogens is 290 g/mol. The Kier molecular flexibility index (Phi) is 6.33. The van der Waals surface area contributed by atoms with Crippen molar-refractivity contribution < 1.29 is 14.3 Å². The van der Waals surface area contributed by atoms with Gasteiger partial charge in [0.25, 0.3) is 0 Å². The van der Waals surface area contributed by atoms with Gasteiger partial charge in [0.1, 0.15) is 12.4 Å². The summed E-state index contributed by atoms with van der Waals surface area (Å²) in [7, 11) is 0. The van der Waals surface area contributed by atoms with E-state index in [1.54, 1.807) is 0 Å². The maximum Gasteiger partial charge on any atom is 0.310 e. The SMILES string of the molecule is CCOC(=O)[C@@H]1CCCN(CCOc2ccccc2Cl)C1. The highest BCUT2D eigenvalue weighted by Gasteiger charge is 2.26. The van der Waals surface area contributed by atoms with Crippen molar-refractivity contribution in [1.82, 2.24) is 4.90 Å². The van der Waals surface area contributed by atoms with E-state index < -0.39 is 0 Å². The third-order valence-electron chi connectivity index (χ3n) is 3.63. The Bertz CT molecular complexity index is 467. The first-order chi connectivity index (χ1) is 10.2. The van der Waals surface area contributed by atoms with Crippen LogP contribution in [0.4, 0.5) is 0 Å². The molecule has 0 aromatic heterocycles. The molecule has 0 unspecified atom stereocenters. The summed E-state index contributed by atoms with van der Waals surface area (Å²) in [4.78, 5) is 14.0. The highest BCUT2D eigenvalue weighted by Crippen LogP contribution is 2.23. The van der Waals surface area contributed by atoms with Gasteiger partial charge in [-0.15, -0.1) is 0 Å². The van der Waals surface area contributed by atoms with Crippen LogP contribution in [0.3, 0.4) is 0 Å². The predicted molar refractivity (Wildman–Crippen MR) is 82.7 cm³/mol. The van der Waals surface area contributed by atoms with E-state index in [1.165, 1.54) is 0 Å². The number of hydrogen-bond donors (Lipinski definition) is 0. The second-order valence-electron chi connectivity index (χ2n) is 5.17. The lowest BCUT2D eigenvalue weighted by atomic mass is 9.98. The largest absolute Gasteiger partial charge is 0.491 e. The van der Waals surface area contributed by atoms with Crippen molar-refractivity contribution in [2.75, 3.05) is 32.8 Å². The molecule has 1 aliphatic rings. The fourth-order valence-corrected chi connectivity index (χ4v) is 2.75. The predicted octanol–water partition coefficient (Wildman–Crippen LogP) is 2.99. The average Bonchev–Trinajstić information content (AvgIpc) is 2.50. The number of esters is 1. The van der Waals surface area contributed by atoms with Crippen LogP contribution in [-0.2, 0) is 9.53 Å². The third kappa shape index (κ3) is 4.90. The zero-order valence-electron chi connectivity index (χ0n) is 12.4. The van der Waals surface area contributed by atoms with Crippen molar-refractivity contribution in [2.24, 2.45) is 5.92 Å². The molecule has 2 rings (SSSR count). The molecule has 1 fully saturated rings. The Labute approximate surface area is 131 Å². The molecule has 1 saturated heterocycles. The number of benzene rings is 1. The van der Waals surface area contributed by atoms with E-state index in [2.05, 4.69) is 4.90 Å². The highest BCUT2D eigenvalue weighted by atomic mass is 35.5. The third-order valence-corrected chi connectivity index (χ3v) is 3.94. The molecule has 5 heteroatoms. The summed E-state index contributed by atoms with van der Waals surface area (Å²) in [5, 5.41) is 0.626. The van der Waals surface area contributed by atoms with Gasteiger partial charge in [-0.1, -0.05) is 23.7 Å². The molecule has 1 heterocycles. The normalized spacial score (nSPS) is 19.2. The van der Waals surface area contributed by atoms with E-state index in [1.807, 2.05) is 31.2 Å². The van der Waals surface area contributed by atoms with Crippen molar-refractivity contribution in [1.29, 1.82) is 0 Å². The monoisotopic (exact) mass is 311 g/mol. The van der Waals surface area contributed by atoms with Gasteiger partial charge < -0.3 is 9.47 Å². The fourth-order valence-electron chi connectivity index (χ4n) is 2.56. The minimum atomic E-state index is -0.0748. The van der Waals surface area contributed by atoms with Crippen LogP contribution in [0.5, 0.6) is 5.75 Å². The van der Waals surface area contributed by atoms with Gasteiger partial charge in [0, 0.05) is 13.1 Å². The maximum atomic E-state index is 11.8. The van der Waals surface area contributed by atoms with E-state index in [9.17, 15) is 4.79 Å². The lowest BCUT2D eigenvalue weighted by molar-refractivity contribution is -0.150. The molecule has 0 amide bonds. The van der Waals surface area contributed by atoms with Crippen molar-refractivity contribution in [3.63, 3.8) is 0 Å². The Morgan fingerprint density at radius 2 is 2.24 bits per heavy atom. The van der Waals surface area contributed by atoms with E-state index in [0.29, 0.717) is 24.0 Å². The highest BCUT2D eigenvalue weighted by molar-refractivity contribution is 6.32. The average molecular weight is 312 g/mol. The number of halogens is 1. The lowest BCUT2D eigenvalue weighted by Crippen LogP contribution is -2.41. The Morgan fingerprint density at radius 1 is 1.43 bits per heavy atom. The standard InChI is InChI=1S/C16H22ClNO3/c1-2-20-16(19)13-6-5-9-18(12-13)10-11-21-15-8-4-3-7-14(15)17/h3-4,7-8,13H,2,5-6,9-12H2,1H3/t13-/m1/s1. The van der Waals surface area contributed by atoms with Gasteiger partial charge in [0.2, 0.25) is 0 Å². The van der Waals surface area contributed by atoms with Gasteiger partial charge >= 0.3 is 5.97 Å². The molecule has 0 spiro atoms. The van der Waals surface area contributed by atoms with Crippen molar-refractivity contribution in [3.8, 4) is 5.75 Å². The van der Waals surface area contributed by atoms with Crippen LogP contribution in [0.2, 0.25) is 5.02 Å². The lowest BCUT2D eigenvalue weighted by Gasteiger charge is -2.31. The van der Waals surface area contributed by atoms with E-state index >= 15 is 0 Å². The van der Waals surface area contributed by atoms with Crippen LogP contribution in [0.1, 0.15) is 19.8 Å². The van der Waals surface area contributed by atoms with E-state index in [-0.39, 0.29) is 11.9 Å². The van der Waals surface area contributed by atoms with Gasteiger partial charge in [-0.3, -0.25) is 9.69 Å². The van der Waals surface area contributed by atoms with Gasteiger partial charge in [-0.2, -0.15) is 0 Å². The van der Waals surface area contributed by atoms with Crippen LogP contribution >= 0.6 is 11.6 Å². The first kappa shape index (κ1) is 16.1. The van der Waals surface area contributed by atoms with Gasteiger partial charge in [0.05, 0.1) is 17.5 Å².